The molecule has 1 aliphatic heterocycles. The minimum absolute atomic E-state index is 0.154. The van der Waals surface area contributed by atoms with Gasteiger partial charge in [-0.2, -0.15) is 0 Å². The number of likely N-dealkylation sites (tertiary alicyclic amines) is 1. The Labute approximate surface area is 178 Å². The van der Waals surface area contributed by atoms with Crippen molar-refractivity contribution in [1.29, 1.82) is 0 Å². The number of rotatable bonds is 6. The first-order valence-electron chi connectivity index (χ1n) is 9.35. The van der Waals surface area contributed by atoms with Crippen LogP contribution < -0.4 is 10.1 Å². The van der Waals surface area contributed by atoms with E-state index in [2.05, 4.69) is 5.32 Å². The van der Waals surface area contributed by atoms with E-state index in [1.54, 1.807) is 24.3 Å². The molecule has 0 spiro atoms. The molecule has 2 aromatic rings. The lowest BCUT2D eigenvalue weighted by molar-refractivity contribution is -0.385. The number of benzene rings is 2. The van der Waals surface area contributed by atoms with Crippen LogP contribution in [0, 0.1) is 10.1 Å². The van der Waals surface area contributed by atoms with Gasteiger partial charge in [-0.15, -0.1) is 0 Å². The van der Waals surface area contributed by atoms with Crippen LogP contribution in [0.2, 0.25) is 0 Å². The third-order valence-corrected chi connectivity index (χ3v) is 6.04. The van der Waals surface area contributed by atoms with Gasteiger partial charge in [-0.1, -0.05) is 0 Å². The molecule has 1 heterocycles. The summed E-state index contributed by atoms with van der Waals surface area (Å²) >= 11 is 0. The number of carbonyl (C=O) groups is 2. The molecule has 1 saturated heterocycles. The zero-order valence-corrected chi connectivity index (χ0v) is 17.7. The molecule has 0 aromatic heterocycles. The average molecular weight is 447 g/mol. The Morgan fingerprint density at radius 3 is 2.45 bits per heavy atom. The van der Waals surface area contributed by atoms with Crippen molar-refractivity contribution in [3.8, 4) is 5.75 Å². The number of nitro benzene ring substituents is 1. The second-order valence-electron chi connectivity index (χ2n) is 7.12. The molecule has 1 unspecified atom stereocenters. The van der Waals surface area contributed by atoms with Crippen molar-refractivity contribution in [3.05, 3.63) is 58.1 Å². The molecule has 1 atom stereocenters. The summed E-state index contributed by atoms with van der Waals surface area (Å²) in [7, 11) is -2.25. The second-order valence-corrected chi connectivity index (χ2v) is 9.13. The number of non-ortho nitro benzene ring substituents is 1. The molecule has 0 bridgehead atoms. The van der Waals surface area contributed by atoms with E-state index in [1.165, 1.54) is 12.0 Å². The van der Waals surface area contributed by atoms with Crippen molar-refractivity contribution in [2.24, 2.45) is 0 Å². The summed E-state index contributed by atoms with van der Waals surface area (Å²) < 4.78 is 28.9. The SMILES string of the molecule is COc1ccc(NC(=O)C2CCCN2C(=O)c2cc([N+](=O)[O-])cc(S(C)(=O)=O)c2)cc1. The molecule has 11 heteroatoms. The highest BCUT2D eigenvalue weighted by Crippen LogP contribution is 2.26. The first kappa shape index (κ1) is 22.2. The molecular formula is C20H21N3O7S. The molecule has 164 valence electrons. The number of nitro groups is 1. The van der Waals surface area contributed by atoms with Gasteiger partial charge in [0, 0.05) is 36.2 Å². The fourth-order valence-electron chi connectivity index (χ4n) is 3.37. The molecule has 2 amide bonds. The van der Waals surface area contributed by atoms with Crippen molar-refractivity contribution in [2.75, 3.05) is 25.2 Å². The molecule has 10 nitrogen and oxygen atoms in total. The predicted molar refractivity (Wildman–Crippen MR) is 112 cm³/mol. The van der Waals surface area contributed by atoms with Gasteiger partial charge < -0.3 is 15.0 Å². The second kappa shape index (κ2) is 8.72. The summed E-state index contributed by atoms with van der Waals surface area (Å²) in [5.74, 6) is -0.409. The molecule has 31 heavy (non-hydrogen) atoms. The van der Waals surface area contributed by atoms with Gasteiger partial charge in [0.05, 0.1) is 16.9 Å². The Balaban J connectivity index is 1.85. The van der Waals surface area contributed by atoms with Crippen LogP contribution in [-0.4, -0.2) is 56.0 Å². The average Bonchev–Trinajstić information content (AvgIpc) is 3.22. The number of amides is 2. The van der Waals surface area contributed by atoms with Crippen molar-refractivity contribution < 1.29 is 27.7 Å². The van der Waals surface area contributed by atoms with Crippen LogP contribution >= 0.6 is 0 Å². The minimum Gasteiger partial charge on any atom is -0.497 e. The first-order valence-corrected chi connectivity index (χ1v) is 11.2. The van der Waals surface area contributed by atoms with Crippen molar-refractivity contribution >= 4 is 33.0 Å². The quantitative estimate of drug-likeness (QED) is 0.530. The predicted octanol–water partition coefficient (Wildman–Crippen LogP) is 2.25. The smallest absolute Gasteiger partial charge is 0.271 e. The van der Waals surface area contributed by atoms with Crippen LogP contribution in [-0.2, 0) is 14.6 Å². The van der Waals surface area contributed by atoms with E-state index in [1.807, 2.05) is 0 Å². The van der Waals surface area contributed by atoms with E-state index in [0.717, 1.165) is 24.5 Å². The summed E-state index contributed by atoms with van der Waals surface area (Å²) in [6.45, 7) is 0.274. The Morgan fingerprint density at radius 2 is 1.87 bits per heavy atom. The lowest BCUT2D eigenvalue weighted by Gasteiger charge is -2.24. The van der Waals surface area contributed by atoms with Crippen molar-refractivity contribution in [3.63, 3.8) is 0 Å². The van der Waals surface area contributed by atoms with Gasteiger partial charge in [-0.05, 0) is 43.2 Å². The lowest BCUT2D eigenvalue weighted by Crippen LogP contribution is -2.43. The number of nitrogens with zero attached hydrogens (tertiary/aromatic N) is 2. The van der Waals surface area contributed by atoms with Gasteiger partial charge in [0.2, 0.25) is 5.91 Å². The largest absolute Gasteiger partial charge is 0.497 e. The summed E-state index contributed by atoms with van der Waals surface area (Å²) in [4.78, 5) is 37.3. The Bertz CT molecular complexity index is 1130. The van der Waals surface area contributed by atoms with E-state index in [9.17, 15) is 28.1 Å². The van der Waals surface area contributed by atoms with Crippen molar-refractivity contribution in [1.82, 2.24) is 4.90 Å². The maximum atomic E-state index is 13.1. The van der Waals surface area contributed by atoms with E-state index in [-0.39, 0.29) is 17.0 Å². The topological polar surface area (TPSA) is 136 Å². The highest BCUT2D eigenvalue weighted by Gasteiger charge is 2.35. The van der Waals surface area contributed by atoms with Gasteiger partial charge in [0.1, 0.15) is 11.8 Å². The van der Waals surface area contributed by atoms with Gasteiger partial charge in [-0.3, -0.25) is 19.7 Å². The van der Waals surface area contributed by atoms with Crippen molar-refractivity contribution in [2.45, 2.75) is 23.8 Å². The monoisotopic (exact) mass is 447 g/mol. The zero-order valence-electron chi connectivity index (χ0n) is 16.9. The van der Waals surface area contributed by atoms with Crippen LogP contribution in [0.1, 0.15) is 23.2 Å². The minimum atomic E-state index is -3.78. The Kier molecular flexibility index (Phi) is 6.25. The van der Waals surface area contributed by atoms with Crippen LogP contribution in [0.25, 0.3) is 0 Å². The zero-order chi connectivity index (χ0) is 22.8. The molecule has 0 aliphatic carbocycles. The number of sulfone groups is 1. The van der Waals surface area contributed by atoms with E-state index >= 15 is 0 Å². The summed E-state index contributed by atoms with van der Waals surface area (Å²) in [5.41, 5.74) is -0.136. The van der Waals surface area contributed by atoms with Crippen LogP contribution in [0.3, 0.4) is 0 Å². The maximum Gasteiger partial charge on any atom is 0.271 e. The normalized spacial score (nSPS) is 16.1. The highest BCUT2D eigenvalue weighted by molar-refractivity contribution is 7.90. The highest BCUT2D eigenvalue weighted by atomic mass is 32.2. The summed E-state index contributed by atoms with van der Waals surface area (Å²) in [6.07, 6.45) is 1.89. The van der Waals surface area contributed by atoms with E-state index in [4.69, 9.17) is 4.74 Å². The number of nitrogens with one attached hydrogen (secondary N) is 1. The number of hydrogen-bond acceptors (Lipinski definition) is 7. The van der Waals surface area contributed by atoms with Gasteiger partial charge in [0.15, 0.2) is 9.84 Å². The fourth-order valence-corrected chi connectivity index (χ4v) is 4.05. The molecule has 2 aromatic carbocycles. The van der Waals surface area contributed by atoms with Gasteiger partial charge in [-0.25, -0.2) is 8.42 Å². The number of methoxy groups -OCH3 is 1. The molecule has 3 rings (SSSR count). The fraction of sp³-hybridized carbons (Fsp3) is 0.300. The Morgan fingerprint density at radius 1 is 1.19 bits per heavy atom. The standard InChI is InChI=1S/C20H21N3O7S/c1-30-16-7-5-14(6-8-16)21-19(24)18-4-3-9-22(18)20(25)13-10-15(23(26)27)12-17(11-13)31(2,28)29/h5-8,10-12,18H,3-4,9H2,1-2H3,(H,21,24). The van der Waals surface area contributed by atoms with Gasteiger partial charge >= 0.3 is 0 Å². The number of carbonyl (C=O) groups excluding carboxylic acids is 2. The Hall–Kier alpha value is -3.47. The molecule has 1 aliphatic rings. The van der Waals surface area contributed by atoms with Crippen LogP contribution in [0.5, 0.6) is 5.75 Å². The number of hydrogen-bond donors (Lipinski definition) is 1. The molecule has 0 radical (unpaired) electrons. The van der Waals surface area contributed by atoms with Crippen LogP contribution in [0.15, 0.2) is 47.4 Å². The number of ether oxygens (including phenoxy) is 1. The lowest BCUT2D eigenvalue weighted by atomic mass is 10.1. The van der Waals surface area contributed by atoms with E-state index < -0.39 is 38.3 Å². The molecule has 0 saturated carbocycles. The third kappa shape index (κ3) is 5.00. The molecule has 1 N–H and O–H groups in total. The molecule has 1 fully saturated rings. The maximum absolute atomic E-state index is 13.1. The first-order chi connectivity index (χ1) is 14.6. The number of anilines is 1. The summed E-state index contributed by atoms with van der Waals surface area (Å²) in [5, 5.41) is 14.0. The van der Waals surface area contributed by atoms with Crippen LogP contribution in [0.4, 0.5) is 11.4 Å². The third-order valence-electron chi connectivity index (χ3n) is 4.95. The molecular weight excluding hydrogens is 426 g/mol. The summed E-state index contributed by atoms with van der Waals surface area (Å²) in [6, 6.07) is 8.94. The van der Waals surface area contributed by atoms with E-state index in [0.29, 0.717) is 24.3 Å². The van der Waals surface area contributed by atoms with Gasteiger partial charge in [0.25, 0.3) is 11.6 Å².